The summed E-state index contributed by atoms with van der Waals surface area (Å²) in [5.74, 6) is -0.106. The number of carbonyl (C=O) groups excluding carboxylic acids is 1. The van der Waals surface area contributed by atoms with Crippen molar-refractivity contribution in [3.05, 3.63) is 11.6 Å². The maximum absolute atomic E-state index is 11.6. The fourth-order valence-electron chi connectivity index (χ4n) is 6.72. The molecule has 0 saturated carbocycles. The van der Waals surface area contributed by atoms with Gasteiger partial charge in [-0.2, -0.15) is 0 Å². The van der Waals surface area contributed by atoms with Crippen LogP contribution in [-0.4, -0.2) is 46.7 Å². The van der Waals surface area contributed by atoms with E-state index < -0.39 is 0 Å². The second-order valence-electron chi connectivity index (χ2n) is 13.5. The van der Waals surface area contributed by atoms with Crippen LogP contribution >= 0.6 is 0 Å². The highest BCUT2D eigenvalue weighted by Gasteiger charge is 2.34. The molecule has 2 N–H and O–H groups in total. The lowest BCUT2D eigenvalue weighted by molar-refractivity contribution is -0.139. The van der Waals surface area contributed by atoms with Crippen LogP contribution in [0, 0.1) is 0 Å². The van der Waals surface area contributed by atoms with Crippen LogP contribution in [-0.2, 0) is 14.3 Å². The van der Waals surface area contributed by atoms with E-state index in [-0.39, 0.29) is 36.5 Å². The molecule has 0 bridgehead atoms. The van der Waals surface area contributed by atoms with Gasteiger partial charge in [0.05, 0.1) is 24.4 Å². The minimum atomic E-state index is -0.377. The summed E-state index contributed by atoms with van der Waals surface area (Å²) in [6.45, 7) is 4.18. The molecule has 0 aromatic rings. The molecule has 1 fully saturated rings. The highest BCUT2D eigenvalue weighted by Crippen LogP contribution is 2.28. The first-order valence-corrected chi connectivity index (χ1v) is 18.4. The summed E-state index contributed by atoms with van der Waals surface area (Å²) in [5.41, 5.74) is 0.882. The monoisotopic (exact) mass is 593 g/mol. The van der Waals surface area contributed by atoms with Gasteiger partial charge >= 0.3 is 5.97 Å². The molecule has 0 spiro atoms. The van der Waals surface area contributed by atoms with Crippen molar-refractivity contribution in [2.75, 3.05) is 0 Å². The molecule has 246 valence electrons. The molecule has 5 nitrogen and oxygen atoms in total. The van der Waals surface area contributed by atoms with Gasteiger partial charge in [-0.25, -0.2) is 4.79 Å². The Balaban J connectivity index is 1.30. The van der Waals surface area contributed by atoms with Crippen molar-refractivity contribution in [3.63, 3.8) is 0 Å². The zero-order valence-electron chi connectivity index (χ0n) is 27.7. The van der Waals surface area contributed by atoms with Crippen molar-refractivity contribution >= 4 is 5.97 Å². The van der Waals surface area contributed by atoms with Crippen molar-refractivity contribution in [1.29, 1.82) is 0 Å². The van der Waals surface area contributed by atoms with E-state index in [1.807, 2.05) is 13.0 Å². The highest BCUT2D eigenvalue weighted by molar-refractivity contribution is 5.90. The third-order valence-corrected chi connectivity index (χ3v) is 9.48. The normalized spacial score (nSPS) is 22.0. The number of esters is 1. The summed E-state index contributed by atoms with van der Waals surface area (Å²) in [5, 5.41) is 21.2. The molecule has 1 saturated heterocycles. The number of rotatable bonds is 28. The van der Waals surface area contributed by atoms with Gasteiger partial charge in [0, 0.05) is 5.57 Å². The summed E-state index contributed by atoms with van der Waals surface area (Å²) >= 11 is 0. The summed E-state index contributed by atoms with van der Waals surface area (Å²) in [7, 11) is 0. The number of carbonyl (C=O) groups is 1. The summed E-state index contributed by atoms with van der Waals surface area (Å²) in [4.78, 5) is 11.6. The molecule has 42 heavy (non-hydrogen) atoms. The molecule has 0 aliphatic carbocycles. The minimum absolute atomic E-state index is 0.0343. The molecular formula is C37H68O5. The summed E-state index contributed by atoms with van der Waals surface area (Å²) < 4.78 is 11.2. The molecule has 2 heterocycles. The highest BCUT2D eigenvalue weighted by atomic mass is 16.5. The number of hydrogen-bond acceptors (Lipinski definition) is 5. The molecule has 2 aliphatic heterocycles. The van der Waals surface area contributed by atoms with Gasteiger partial charge in [-0.1, -0.05) is 142 Å². The standard InChI is InChI=1S/C37H68O5/c1-3-4-5-6-7-17-20-23-26-33(38)35-28-29-36(42-35)34(39)27-24-21-18-15-13-11-9-8-10-12-14-16-19-22-25-32-30-31(2)41-37(32)40/h30-31,33-36,38-39H,3-29H2,1-2H3/t31-,33-,34-,35-,36-/m1/s1. The van der Waals surface area contributed by atoms with Crippen LogP contribution < -0.4 is 0 Å². The van der Waals surface area contributed by atoms with Gasteiger partial charge in [-0.3, -0.25) is 0 Å². The van der Waals surface area contributed by atoms with E-state index in [1.54, 1.807) is 0 Å². The third kappa shape index (κ3) is 17.4. The average molecular weight is 593 g/mol. The van der Waals surface area contributed by atoms with Gasteiger partial charge in [0.2, 0.25) is 0 Å². The SMILES string of the molecule is CCCCCCCCCC[C@@H](O)[C@H]1CC[C@H]([C@H](O)CCCCCCCCCCCCCCCCC2=C[C@@H](C)OC2=O)O1. The van der Waals surface area contributed by atoms with Crippen molar-refractivity contribution < 1.29 is 24.5 Å². The third-order valence-electron chi connectivity index (χ3n) is 9.48. The molecule has 0 amide bonds. The maximum atomic E-state index is 11.6. The molecular weight excluding hydrogens is 524 g/mol. The lowest BCUT2D eigenvalue weighted by atomic mass is 10.00. The van der Waals surface area contributed by atoms with E-state index >= 15 is 0 Å². The van der Waals surface area contributed by atoms with Gasteiger partial charge in [0.15, 0.2) is 0 Å². The maximum Gasteiger partial charge on any atom is 0.334 e. The summed E-state index contributed by atoms with van der Waals surface area (Å²) in [6, 6.07) is 0. The van der Waals surface area contributed by atoms with Gasteiger partial charge in [-0.15, -0.1) is 0 Å². The average Bonchev–Trinajstić information content (AvgIpc) is 3.60. The van der Waals surface area contributed by atoms with Crippen LogP contribution in [0.5, 0.6) is 0 Å². The number of aliphatic hydroxyl groups excluding tert-OH is 2. The second-order valence-corrected chi connectivity index (χ2v) is 13.5. The van der Waals surface area contributed by atoms with Crippen LogP contribution in [0.4, 0.5) is 0 Å². The predicted octanol–water partition coefficient (Wildman–Crippen LogP) is 9.90. The van der Waals surface area contributed by atoms with E-state index in [9.17, 15) is 15.0 Å². The van der Waals surface area contributed by atoms with Crippen molar-refractivity contribution in [2.45, 2.75) is 218 Å². The van der Waals surface area contributed by atoms with Crippen LogP contribution in [0.3, 0.4) is 0 Å². The van der Waals surface area contributed by atoms with E-state index in [4.69, 9.17) is 9.47 Å². The van der Waals surface area contributed by atoms with E-state index in [1.165, 1.54) is 122 Å². The van der Waals surface area contributed by atoms with Gasteiger partial charge in [-0.05, 0) is 51.5 Å². The van der Waals surface area contributed by atoms with Crippen molar-refractivity contribution in [2.24, 2.45) is 0 Å². The first kappa shape index (κ1) is 37.3. The Morgan fingerprint density at radius 3 is 1.40 bits per heavy atom. The van der Waals surface area contributed by atoms with Crippen LogP contribution in [0.2, 0.25) is 0 Å². The largest absolute Gasteiger partial charge is 0.455 e. The van der Waals surface area contributed by atoms with Crippen LogP contribution in [0.25, 0.3) is 0 Å². The molecule has 5 heteroatoms. The molecule has 2 aliphatic rings. The van der Waals surface area contributed by atoms with E-state index in [0.717, 1.165) is 56.9 Å². The first-order valence-electron chi connectivity index (χ1n) is 18.4. The van der Waals surface area contributed by atoms with E-state index in [0.29, 0.717) is 0 Å². The Morgan fingerprint density at radius 2 is 1.02 bits per heavy atom. The zero-order chi connectivity index (χ0) is 30.3. The Kier molecular flexibility index (Phi) is 21.7. The Labute approximate surface area is 259 Å². The van der Waals surface area contributed by atoms with Crippen LogP contribution in [0.15, 0.2) is 11.6 Å². The Morgan fingerprint density at radius 1 is 0.643 bits per heavy atom. The zero-order valence-corrected chi connectivity index (χ0v) is 27.7. The second kappa shape index (κ2) is 24.4. The van der Waals surface area contributed by atoms with Gasteiger partial charge in [0.1, 0.15) is 6.10 Å². The van der Waals surface area contributed by atoms with Crippen molar-refractivity contribution in [1.82, 2.24) is 0 Å². The fourth-order valence-corrected chi connectivity index (χ4v) is 6.72. The van der Waals surface area contributed by atoms with E-state index in [2.05, 4.69) is 6.92 Å². The molecule has 0 radical (unpaired) electrons. The lowest BCUT2D eigenvalue weighted by Crippen LogP contribution is -2.31. The quantitative estimate of drug-likeness (QED) is 0.0698. The lowest BCUT2D eigenvalue weighted by Gasteiger charge is -2.22. The fraction of sp³-hybridized carbons (Fsp3) is 0.919. The first-order chi connectivity index (χ1) is 20.5. The molecule has 0 aromatic heterocycles. The number of ether oxygens (including phenoxy) is 2. The smallest absolute Gasteiger partial charge is 0.334 e. The Hall–Kier alpha value is -0.910. The number of hydrogen-bond donors (Lipinski definition) is 2. The van der Waals surface area contributed by atoms with Crippen LogP contribution in [0.1, 0.15) is 187 Å². The van der Waals surface area contributed by atoms with Gasteiger partial charge in [0.25, 0.3) is 0 Å². The number of cyclic esters (lactones) is 1. The molecule has 5 atom stereocenters. The number of unbranched alkanes of at least 4 members (excludes halogenated alkanes) is 20. The predicted molar refractivity (Wildman–Crippen MR) is 175 cm³/mol. The number of aliphatic hydroxyl groups is 2. The summed E-state index contributed by atoms with van der Waals surface area (Å²) in [6.07, 6.45) is 33.5. The van der Waals surface area contributed by atoms with Gasteiger partial charge < -0.3 is 19.7 Å². The molecule has 0 unspecified atom stereocenters. The molecule has 0 aromatic carbocycles. The Bertz CT molecular complexity index is 692. The minimum Gasteiger partial charge on any atom is -0.455 e. The topological polar surface area (TPSA) is 76.0 Å². The molecule has 2 rings (SSSR count). The van der Waals surface area contributed by atoms with Crippen molar-refractivity contribution in [3.8, 4) is 0 Å².